The summed E-state index contributed by atoms with van der Waals surface area (Å²) < 4.78 is 7.30. The molecular formula is C10H17N3O. The van der Waals surface area contributed by atoms with Crippen molar-refractivity contribution in [2.24, 2.45) is 0 Å². The van der Waals surface area contributed by atoms with Crippen LogP contribution >= 0.6 is 0 Å². The van der Waals surface area contributed by atoms with Crippen molar-refractivity contribution in [1.29, 1.82) is 0 Å². The van der Waals surface area contributed by atoms with Crippen LogP contribution in [0, 0.1) is 0 Å². The molecule has 0 saturated heterocycles. The van der Waals surface area contributed by atoms with E-state index in [2.05, 4.69) is 14.8 Å². The second-order valence-electron chi connectivity index (χ2n) is 3.74. The first kappa shape index (κ1) is 9.65. The lowest BCUT2D eigenvalue weighted by atomic mass is 10.1. The normalized spacial score (nSPS) is 15.5. The molecule has 0 aromatic carbocycles. The lowest BCUT2D eigenvalue weighted by Gasteiger charge is -2.14. The minimum atomic E-state index is 0.808. The number of fused-ring (bicyclic) bond motifs is 1. The molecule has 0 bridgehead atoms. The number of methoxy groups -OCH3 is 1. The fourth-order valence-electron chi connectivity index (χ4n) is 1.93. The van der Waals surface area contributed by atoms with Crippen molar-refractivity contribution in [3.05, 3.63) is 11.6 Å². The highest BCUT2D eigenvalue weighted by molar-refractivity contribution is 4.98. The molecule has 4 nitrogen and oxygen atoms in total. The highest BCUT2D eigenvalue weighted by Gasteiger charge is 2.14. The van der Waals surface area contributed by atoms with Gasteiger partial charge in [0.05, 0.1) is 0 Å². The van der Waals surface area contributed by atoms with Crippen molar-refractivity contribution in [1.82, 2.24) is 14.8 Å². The van der Waals surface area contributed by atoms with Gasteiger partial charge in [-0.05, 0) is 19.3 Å². The summed E-state index contributed by atoms with van der Waals surface area (Å²) in [7, 11) is 1.74. The number of hydrogen-bond acceptors (Lipinski definition) is 3. The van der Waals surface area contributed by atoms with Gasteiger partial charge in [-0.15, -0.1) is 10.2 Å². The molecule has 14 heavy (non-hydrogen) atoms. The summed E-state index contributed by atoms with van der Waals surface area (Å²) in [5, 5.41) is 8.43. The van der Waals surface area contributed by atoms with Crippen LogP contribution in [0.3, 0.4) is 0 Å². The SMILES string of the molecule is COCCCc1nnc2n1CCCC2. The van der Waals surface area contributed by atoms with Crippen molar-refractivity contribution >= 4 is 0 Å². The summed E-state index contributed by atoms with van der Waals surface area (Å²) >= 11 is 0. The fourth-order valence-corrected chi connectivity index (χ4v) is 1.93. The van der Waals surface area contributed by atoms with E-state index in [0.717, 1.165) is 38.2 Å². The van der Waals surface area contributed by atoms with E-state index in [-0.39, 0.29) is 0 Å². The molecule has 0 N–H and O–H groups in total. The van der Waals surface area contributed by atoms with E-state index in [4.69, 9.17) is 4.74 Å². The van der Waals surface area contributed by atoms with Gasteiger partial charge in [0.25, 0.3) is 0 Å². The van der Waals surface area contributed by atoms with E-state index < -0.39 is 0 Å². The van der Waals surface area contributed by atoms with Crippen molar-refractivity contribution < 1.29 is 4.74 Å². The Hall–Kier alpha value is -0.900. The van der Waals surface area contributed by atoms with Crippen LogP contribution < -0.4 is 0 Å². The third kappa shape index (κ3) is 1.95. The predicted octanol–water partition coefficient (Wildman–Crippen LogP) is 1.19. The van der Waals surface area contributed by atoms with Gasteiger partial charge in [-0.3, -0.25) is 0 Å². The monoisotopic (exact) mass is 195 g/mol. The van der Waals surface area contributed by atoms with Crippen molar-refractivity contribution in [2.75, 3.05) is 13.7 Å². The van der Waals surface area contributed by atoms with Crippen molar-refractivity contribution in [3.63, 3.8) is 0 Å². The van der Waals surface area contributed by atoms with Crippen LogP contribution in [0.5, 0.6) is 0 Å². The predicted molar refractivity (Wildman–Crippen MR) is 53.2 cm³/mol. The first-order chi connectivity index (χ1) is 6.92. The molecule has 78 valence electrons. The van der Waals surface area contributed by atoms with E-state index >= 15 is 0 Å². The zero-order valence-electron chi connectivity index (χ0n) is 8.70. The molecule has 0 unspecified atom stereocenters. The molecule has 0 fully saturated rings. The van der Waals surface area contributed by atoms with Gasteiger partial charge in [0.15, 0.2) is 0 Å². The quantitative estimate of drug-likeness (QED) is 0.678. The zero-order chi connectivity index (χ0) is 9.80. The van der Waals surface area contributed by atoms with Crippen molar-refractivity contribution in [3.8, 4) is 0 Å². The Labute approximate surface area is 84.3 Å². The molecule has 0 saturated carbocycles. The maximum atomic E-state index is 5.03. The van der Waals surface area contributed by atoms with E-state index in [0.29, 0.717) is 0 Å². The molecule has 2 heterocycles. The Balaban J connectivity index is 1.99. The summed E-state index contributed by atoms with van der Waals surface area (Å²) in [6.45, 7) is 1.91. The second-order valence-corrected chi connectivity index (χ2v) is 3.74. The van der Waals surface area contributed by atoms with Gasteiger partial charge in [-0.25, -0.2) is 0 Å². The van der Waals surface area contributed by atoms with Crippen LogP contribution in [0.15, 0.2) is 0 Å². The molecule has 1 aliphatic rings. The van der Waals surface area contributed by atoms with Crippen LogP contribution in [0.1, 0.15) is 30.9 Å². The molecule has 0 spiro atoms. The second kappa shape index (κ2) is 4.55. The molecule has 0 atom stereocenters. The number of ether oxygens (including phenoxy) is 1. The van der Waals surface area contributed by atoms with Gasteiger partial charge in [0.1, 0.15) is 11.6 Å². The molecule has 4 heteroatoms. The Morgan fingerprint density at radius 1 is 1.36 bits per heavy atom. The number of aryl methyl sites for hydroxylation is 2. The van der Waals surface area contributed by atoms with Gasteiger partial charge < -0.3 is 9.30 Å². The van der Waals surface area contributed by atoms with E-state index in [1.54, 1.807) is 7.11 Å². The molecule has 1 aromatic rings. The van der Waals surface area contributed by atoms with Gasteiger partial charge in [0, 0.05) is 33.1 Å². The van der Waals surface area contributed by atoms with Crippen LogP contribution in [0.4, 0.5) is 0 Å². The maximum absolute atomic E-state index is 5.03. The molecular weight excluding hydrogens is 178 g/mol. The van der Waals surface area contributed by atoms with Crippen LogP contribution in [-0.2, 0) is 24.1 Å². The van der Waals surface area contributed by atoms with Crippen LogP contribution in [0.2, 0.25) is 0 Å². The highest BCUT2D eigenvalue weighted by atomic mass is 16.5. The first-order valence-corrected chi connectivity index (χ1v) is 5.31. The van der Waals surface area contributed by atoms with Gasteiger partial charge >= 0.3 is 0 Å². The van der Waals surface area contributed by atoms with Gasteiger partial charge in [-0.2, -0.15) is 0 Å². The lowest BCUT2D eigenvalue weighted by molar-refractivity contribution is 0.194. The average Bonchev–Trinajstić information content (AvgIpc) is 2.63. The number of hydrogen-bond donors (Lipinski definition) is 0. The number of nitrogens with zero attached hydrogens (tertiary/aromatic N) is 3. The third-order valence-corrected chi connectivity index (χ3v) is 2.68. The van der Waals surface area contributed by atoms with Crippen molar-refractivity contribution in [2.45, 2.75) is 38.6 Å². The minimum Gasteiger partial charge on any atom is -0.385 e. The Morgan fingerprint density at radius 3 is 3.14 bits per heavy atom. The molecule has 0 amide bonds. The van der Waals surface area contributed by atoms with E-state index in [1.165, 1.54) is 18.7 Å². The summed E-state index contributed by atoms with van der Waals surface area (Å²) in [6.07, 6.45) is 5.64. The molecule has 0 radical (unpaired) electrons. The zero-order valence-corrected chi connectivity index (χ0v) is 8.70. The number of aromatic nitrogens is 3. The molecule has 1 aliphatic heterocycles. The summed E-state index contributed by atoms with van der Waals surface area (Å²) in [4.78, 5) is 0. The van der Waals surface area contributed by atoms with Gasteiger partial charge in [-0.1, -0.05) is 0 Å². The number of rotatable bonds is 4. The molecule has 2 rings (SSSR count). The summed E-state index contributed by atoms with van der Waals surface area (Å²) in [6, 6.07) is 0. The van der Waals surface area contributed by atoms with E-state index in [9.17, 15) is 0 Å². The fraction of sp³-hybridized carbons (Fsp3) is 0.800. The topological polar surface area (TPSA) is 39.9 Å². The smallest absolute Gasteiger partial charge is 0.133 e. The summed E-state index contributed by atoms with van der Waals surface area (Å²) in [5.41, 5.74) is 0. The van der Waals surface area contributed by atoms with Crippen LogP contribution in [-0.4, -0.2) is 28.5 Å². The van der Waals surface area contributed by atoms with Gasteiger partial charge in [0.2, 0.25) is 0 Å². The lowest BCUT2D eigenvalue weighted by Crippen LogP contribution is -2.13. The molecule has 1 aromatic heterocycles. The minimum absolute atomic E-state index is 0.808. The Morgan fingerprint density at radius 2 is 2.29 bits per heavy atom. The highest BCUT2D eigenvalue weighted by Crippen LogP contribution is 2.14. The Kier molecular flexibility index (Phi) is 3.14. The van der Waals surface area contributed by atoms with E-state index in [1.807, 2.05) is 0 Å². The Bertz CT molecular complexity index is 296. The average molecular weight is 195 g/mol. The van der Waals surface area contributed by atoms with Crippen LogP contribution in [0.25, 0.3) is 0 Å². The maximum Gasteiger partial charge on any atom is 0.133 e. The largest absolute Gasteiger partial charge is 0.385 e. The first-order valence-electron chi connectivity index (χ1n) is 5.31. The molecule has 0 aliphatic carbocycles. The standard InChI is InChI=1S/C10H17N3O/c1-14-8-4-6-10-12-11-9-5-2-3-7-13(9)10/h2-8H2,1H3. The summed E-state index contributed by atoms with van der Waals surface area (Å²) in [5.74, 6) is 2.31. The third-order valence-electron chi connectivity index (χ3n) is 2.68.